The Morgan fingerprint density at radius 3 is 2.86 bits per heavy atom. The van der Waals surface area contributed by atoms with Crippen LogP contribution in [0.2, 0.25) is 0 Å². The number of aromatic nitrogens is 1. The molecule has 2 aliphatic rings. The molecule has 1 amide bonds. The predicted molar refractivity (Wildman–Crippen MR) is 86.4 cm³/mol. The average Bonchev–Trinajstić information content (AvgIpc) is 3.08. The maximum absolute atomic E-state index is 12.3. The van der Waals surface area contributed by atoms with E-state index in [0.717, 1.165) is 45.7 Å². The number of nitrogens with one attached hydrogen (secondary N) is 1. The van der Waals surface area contributed by atoms with E-state index in [4.69, 9.17) is 0 Å². The van der Waals surface area contributed by atoms with E-state index in [1.54, 1.807) is 6.20 Å². The molecule has 0 spiro atoms. The number of amides is 1. The summed E-state index contributed by atoms with van der Waals surface area (Å²) in [5.74, 6) is 0.328. The Balaban J connectivity index is 1.38. The van der Waals surface area contributed by atoms with Crippen molar-refractivity contribution in [3.8, 4) is 0 Å². The molecule has 2 saturated heterocycles. The fraction of sp³-hybridized carbons (Fsp3) is 0.647. The number of hydrogen-bond donors (Lipinski definition) is 1. The van der Waals surface area contributed by atoms with Crippen molar-refractivity contribution >= 4 is 5.91 Å². The van der Waals surface area contributed by atoms with Gasteiger partial charge in [-0.1, -0.05) is 6.07 Å². The Kier molecular flexibility index (Phi) is 5.40. The Bertz CT molecular complexity index is 465. The summed E-state index contributed by atoms with van der Waals surface area (Å²) in [6.07, 6.45) is 7.90. The zero-order valence-electron chi connectivity index (χ0n) is 13.2. The van der Waals surface area contributed by atoms with Crippen LogP contribution in [0.1, 0.15) is 31.2 Å². The summed E-state index contributed by atoms with van der Waals surface area (Å²) >= 11 is 0. The molecule has 2 aliphatic heterocycles. The smallest absolute Gasteiger partial charge is 0.222 e. The SMILES string of the molecule is O=C(CCC1CCCN1)N1CCN(Cc2cccnc2)CC1. The quantitative estimate of drug-likeness (QED) is 0.889. The average molecular weight is 302 g/mol. The second-order valence-corrected chi connectivity index (χ2v) is 6.35. The highest BCUT2D eigenvalue weighted by Crippen LogP contribution is 2.13. The number of piperazine rings is 1. The first-order chi connectivity index (χ1) is 10.8. The molecule has 1 unspecified atom stereocenters. The molecule has 2 fully saturated rings. The highest BCUT2D eigenvalue weighted by atomic mass is 16.2. The van der Waals surface area contributed by atoms with Crippen LogP contribution in [0.4, 0.5) is 0 Å². The normalized spacial score (nSPS) is 22.9. The van der Waals surface area contributed by atoms with E-state index in [0.29, 0.717) is 18.4 Å². The lowest BCUT2D eigenvalue weighted by Crippen LogP contribution is -2.48. The molecule has 1 aromatic heterocycles. The van der Waals surface area contributed by atoms with Gasteiger partial charge in [0.05, 0.1) is 0 Å². The van der Waals surface area contributed by atoms with Gasteiger partial charge in [0, 0.05) is 57.6 Å². The predicted octanol–water partition coefficient (Wildman–Crippen LogP) is 1.26. The van der Waals surface area contributed by atoms with E-state index in [-0.39, 0.29) is 0 Å². The summed E-state index contributed by atoms with van der Waals surface area (Å²) in [5, 5.41) is 3.46. The molecule has 1 N–H and O–H groups in total. The van der Waals surface area contributed by atoms with Gasteiger partial charge >= 0.3 is 0 Å². The van der Waals surface area contributed by atoms with Crippen LogP contribution >= 0.6 is 0 Å². The maximum Gasteiger partial charge on any atom is 0.222 e. The molecule has 0 aliphatic carbocycles. The summed E-state index contributed by atoms with van der Waals surface area (Å²) < 4.78 is 0. The van der Waals surface area contributed by atoms with Crippen LogP contribution in [0.3, 0.4) is 0 Å². The van der Waals surface area contributed by atoms with Gasteiger partial charge in [-0.25, -0.2) is 0 Å². The van der Waals surface area contributed by atoms with Crippen molar-refractivity contribution in [2.45, 2.75) is 38.3 Å². The van der Waals surface area contributed by atoms with Gasteiger partial charge in [0.15, 0.2) is 0 Å². The minimum atomic E-state index is 0.328. The first-order valence-electron chi connectivity index (χ1n) is 8.44. The van der Waals surface area contributed by atoms with Crippen LogP contribution in [0.15, 0.2) is 24.5 Å². The lowest BCUT2D eigenvalue weighted by atomic mass is 10.1. The third kappa shape index (κ3) is 4.27. The van der Waals surface area contributed by atoms with Crippen molar-refractivity contribution in [1.29, 1.82) is 0 Å². The van der Waals surface area contributed by atoms with Gasteiger partial charge < -0.3 is 10.2 Å². The van der Waals surface area contributed by atoms with Crippen LogP contribution in [-0.2, 0) is 11.3 Å². The third-order valence-corrected chi connectivity index (χ3v) is 4.72. The van der Waals surface area contributed by atoms with Crippen LogP contribution in [0.25, 0.3) is 0 Å². The fourth-order valence-corrected chi connectivity index (χ4v) is 3.36. The molecule has 1 aromatic rings. The molecule has 5 heteroatoms. The molecule has 0 radical (unpaired) electrons. The maximum atomic E-state index is 12.3. The topological polar surface area (TPSA) is 48.5 Å². The summed E-state index contributed by atoms with van der Waals surface area (Å²) in [5.41, 5.74) is 1.24. The molecular formula is C17H26N4O. The zero-order chi connectivity index (χ0) is 15.2. The zero-order valence-corrected chi connectivity index (χ0v) is 13.2. The summed E-state index contributed by atoms with van der Waals surface area (Å²) in [4.78, 5) is 20.9. The largest absolute Gasteiger partial charge is 0.340 e. The lowest BCUT2D eigenvalue weighted by molar-refractivity contribution is -0.133. The minimum Gasteiger partial charge on any atom is -0.340 e. The summed E-state index contributed by atoms with van der Waals surface area (Å²) in [7, 11) is 0. The minimum absolute atomic E-state index is 0.328. The van der Waals surface area contributed by atoms with Gasteiger partial charge in [0.1, 0.15) is 0 Å². The summed E-state index contributed by atoms with van der Waals surface area (Å²) in [6.45, 7) is 5.69. The molecule has 3 rings (SSSR count). The number of pyridine rings is 1. The molecule has 3 heterocycles. The van der Waals surface area contributed by atoms with Gasteiger partial charge in [-0.3, -0.25) is 14.7 Å². The molecule has 120 valence electrons. The number of carbonyl (C=O) groups is 1. The Morgan fingerprint density at radius 1 is 1.32 bits per heavy atom. The first kappa shape index (κ1) is 15.4. The van der Waals surface area contributed by atoms with E-state index >= 15 is 0 Å². The van der Waals surface area contributed by atoms with Crippen molar-refractivity contribution in [2.24, 2.45) is 0 Å². The van der Waals surface area contributed by atoms with E-state index in [1.807, 2.05) is 17.2 Å². The van der Waals surface area contributed by atoms with Crippen molar-refractivity contribution in [3.63, 3.8) is 0 Å². The Hall–Kier alpha value is -1.46. The number of carbonyl (C=O) groups excluding carboxylic acids is 1. The van der Waals surface area contributed by atoms with Gasteiger partial charge in [-0.05, 0) is 37.4 Å². The van der Waals surface area contributed by atoms with Crippen molar-refractivity contribution in [3.05, 3.63) is 30.1 Å². The molecule has 22 heavy (non-hydrogen) atoms. The van der Waals surface area contributed by atoms with Crippen LogP contribution in [0, 0.1) is 0 Å². The Morgan fingerprint density at radius 2 is 2.18 bits per heavy atom. The van der Waals surface area contributed by atoms with Gasteiger partial charge in [0.25, 0.3) is 0 Å². The van der Waals surface area contributed by atoms with Gasteiger partial charge in [-0.2, -0.15) is 0 Å². The molecular weight excluding hydrogens is 276 g/mol. The van der Waals surface area contributed by atoms with Crippen LogP contribution < -0.4 is 5.32 Å². The molecule has 5 nitrogen and oxygen atoms in total. The van der Waals surface area contributed by atoms with Crippen LogP contribution in [0.5, 0.6) is 0 Å². The van der Waals surface area contributed by atoms with Crippen molar-refractivity contribution in [2.75, 3.05) is 32.7 Å². The number of nitrogens with zero attached hydrogens (tertiary/aromatic N) is 3. The first-order valence-corrected chi connectivity index (χ1v) is 8.44. The summed E-state index contributed by atoms with van der Waals surface area (Å²) in [6, 6.07) is 4.65. The highest BCUT2D eigenvalue weighted by Gasteiger charge is 2.22. The molecule has 1 atom stereocenters. The highest BCUT2D eigenvalue weighted by molar-refractivity contribution is 5.76. The molecule has 0 saturated carbocycles. The Labute approximate surface area is 132 Å². The molecule has 0 bridgehead atoms. The molecule has 0 aromatic carbocycles. The van der Waals surface area contributed by atoms with E-state index in [2.05, 4.69) is 21.3 Å². The second-order valence-electron chi connectivity index (χ2n) is 6.35. The second kappa shape index (κ2) is 7.70. The van der Waals surface area contributed by atoms with Crippen LogP contribution in [-0.4, -0.2) is 59.5 Å². The van der Waals surface area contributed by atoms with E-state index < -0.39 is 0 Å². The monoisotopic (exact) mass is 302 g/mol. The van der Waals surface area contributed by atoms with E-state index in [9.17, 15) is 4.79 Å². The van der Waals surface area contributed by atoms with Gasteiger partial charge in [-0.15, -0.1) is 0 Å². The number of hydrogen-bond acceptors (Lipinski definition) is 4. The van der Waals surface area contributed by atoms with Gasteiger partial charge in [0.2, 0.25) is 5.91 Å². The van der Waals surface area contributed by atoms with Crippen molar-refractivity contribution in [1.82, 2.24) is 20.1 Å². The van der Waals surface area contributed by atoms with Crippen molar-refractivity contribution < 1.29 is 4.79 Å². The third-order valence-electron chi connectivity index (χ3n) is 4.72. The lowest BCUT2D eigenvalue weighted by Gasteiger charge is -2.35. The fourth-order valence-electron chi connectivity index (χ4n) is 3.36. The number of rotatable bonds is 5. The van der Waals surface area contributed by atoms with E-state index in [1.165, 1.54) is 18.4 Å². The standard InChI is InChI=1S/C17H26N4O/c22-17(6-5-16-4-2-8-19-16)21-11-9-20(10-12-21)14-15-3-1-7-18-13-15/h1,3,7,13,16,19H,2,4-6,8-12,14H2.